The topological polar surface area (TPSA) is 102 Å². The van der Waals surface area contributed by atoms with Crippen molar-refractivity contribution >= 4 is 21.7 Å². The highest BCUT2D eigenvalue weighted by Crippen LogP contribution is 2.19. The van der Waals surface area contributed by atoms with E-state index < -0.39 is 10.0 Å². The molecule has 8 nitrogen and oxygen atoms in total. The molecule has 1 saturated heterocycles. The number of nitrogens with zero attached hydrogens (tertiary/aromatic N) is 4. The lowest BCUT2D eigenvalue weighted by Gasteiger charge is -2.35. The predicted octanol–water partition coefficient (Wildman–Crippen LogP) is 1.75. The Balaban J connectivity index is 1.58. The lowest BCUT2D eigenvalue weighted by molar-refractivity contribution is -0.133. The Hall–Kier alpha value is -3.06. The molecule has 0 aliphatic carbocycles. The van der Waals surface area contributed by atoms with Crippen LogP contribution in [0.1, 0.15) is 22.8 Å². The molecule has 1 aliphatic rings. The van der Waals surface area contributed by atoms with Gasteiger partial charge in [0.15, 0.2) is 5.78 Å². The lowest BCUT2D eigenvalue weighted by Crippen LogP contribution is -2.52. The standard InChI is InChI=1S/C23H26N4O4S/c1-19(28)21-7-9-22(10-8-21)32(30,31)27-15-13-26(14-16-27)23(29)18-25(12-11-24)17-20-5-3-2-4-6-20/h2-10H,12-18H2,1H3. The molecule has 0 bridgehead atoms. The Morgan fingerprint density at radius 1 is 1.00 bits per heavy atom. The molecule has 9 heteroatoms. The zero-order valence-corrected chi connectivity index (χ0v) is 18.8. The van der Waals surface area contributed by atoms with Gasteiger partial charge in [-0.05, 0) is 24.6 Å². The van der Waals surface area contributed by atoms with Crippen molar-refractivity contribution in [1.82, 2.24) is 14.1 Å². The van der Waals surface area contributed by atoms with Gasteiger partial charge in [-0.2, -0.15) is 9.57 Å². The number of carbonyl (C=O) groups excluding carboxylic acids is 2. The minimum atomic E-state index is -3.70. The summed E-state index contributed by atoms with van der Waals surface area (Å²) in [5.41, 5.74) is 1.47. The fourth-order valence-electron chi connectivity index (χ4n) is 3.59. The molecule has 0 N–H and O–H groups in total. The highest BCUT2D eigenvalue weighted by molar-refractivity contribution is 7.89. The number of rotatable bonds is 8. The van der Waals surface area contributed by atoms with E-state index in [1.54, 1.807) is 9.80 Å². The summed E-state index contributed by atoms with van der Waals surface area (Å²) in [6.45, 7) is 3.11. The van der Waals surface area contributed by atoms with Crippen molar-refractivity contribution in [3.05, 3.63) is 65.7 Å². The smallest absolute Gasteiger partial charge is 0.243 e. The van der Waals surface area contributed by atoms with Crippen LogP contribution in [0.5, 0.6) is 0 Å². The minimum absolute atomic E-state index is 0.0989. The summed E-state index contributed by atoms with van der Waals surface area (Å²) in [5, 5.41) is 9.11. The Labute approximate surface area is 188 Å². The van der Waals surface area contributed by atoms with Gasteiger partial charge in [0.1, 0.15) is 0 Å². The largest absolute Gasteiger partial charge is 0.339 e. The van der Waals surface area contributed by atoms with Crippen LogP contribution in [0.3, 0.4) is 0 Å². The van der Waals surface area contributed by atoms with Crippen molar-refractivity contribution in [2.45, 2.75) is 18.4 Å². The van der Waals surface area contributed by atoms with Gasteiger partial charge in [0.05, 0.1) is 24.1 Å². The zero-order valence-electron chi connectivity index (χ0n) is 18.0. The predicted molar refractivity (Wildman–Crippen MR) is 119 cm³/mol. The van der Waals surface area contributed by atoms with Crippen LogP contribution < -0.4 is 0 Å². The van der Waals surface area contributed by atoms with Gasteiger partial charge in [-0.1, -0.05) is 42.5 Å². The van der Waals surface area contributed by atoms with Crippen LogP contribution in [0.2, 0.25) is 0 Å². The third-order valence-corrected chi connectivity index (χ3v) is 7.31. The highest BCUT2D eigenvalue weighted by Gasteiger charge is 2.30. The fraction of sp³-hybridized carbons (Fsp3) is 0.348. The monoisotopic (exact) mass is 454 g/mol. The van der Waals surface area contributed by atoms with Crippen LogP contribution in [-0.4, -0.2) is 73.5 Å². The van der Waals surface area contributed by atoms with E-state index in [1.165, 1.54) is 35.5 Å². The number of sulfonamides is 1. The molecule has 0 saturated carbocycles. The number of nitriles is 1. The van der Waals surface area contributed by atoms with E-state index in [2.05, 4.69) is 6.07 Å². The third kappa shape index (κ3) is 5.79. The summed E-state index contributed by atoms with van der Waals surface area (Å²) in [6.07, 6.45) is 0. The van der Waals surface area contributed by atoms with Crippen molar-refractivity contribution in [1.29, 1.82) is 5.26 Å². The summed E-state index contributed by atoms with van der Waals surface area (Å²) in [5.74, 6) is -0.252. The molecule has 0 spiro atoms. The molecule has 168 valence electrons. The minimum Gasteiger partial charge on any atom is -0.339 e. The second-order valence-corrected chi connectivity index (χ2v) is 9.59. The molecule has 2 aromatic carbocycles. The number of hydrogen-bond donors (Lipinski definition) is 0. The van der Waals surface area contributed by atoms with E-state index in [1.807, 2.05) is 30.3 Å². The van der Waals surface area contributed by atoms with Crippen LogP contribution in [0, 0.1) is 11.3 Å². The maximum atomic E-state index is 12.9. The number of carbonyl (C=O) groups is 2. The molecular formula is C23H26N4O4S. The molecule has 2 aromatic rings. The zero-order chi connectivity index (χ0) is 23.1. The number of amides is 1. The van der Waals surface area contributed by atoms with Gasteiger partial charge in [0.25, 0.3) is 0 Å². The second-order valence-electron chi connectivity index (χ2n) is 7.65. The van der Waals surface area contributed by atoms with E-state index >= 15 is 0 Å². The van der Waals surface area contributed by atoms with Gasteiger partial charge in [-0.25, -0.2) is 8.42 Å². The Morgan fingerprint density at radius 2 is 1.62 bits per heavy atom. The average molecular weight is 455 g/mol. The Bertz CT molecular complexity index is 1090. The first-order valence-electron chi connectivity index (χ1n) is 10.3. The SMILES string of the molecule is CC(=O)c1ccc(S(=O)(=O)N2CCN(C(=O)CN(CC#N)Cc3ccccc3)CC2)cc1. The molecule has 1 aliphatic heterocycles. The second kappa shape index (κ2) is 10.5. The summed E-state index contributed by atoms with van der Waals surface area (Å²) < 4.78 is 27.2. The van der Waals surface area contributed by atoms with Crippen LogP contribution >= 0.6 is 0 Å². The molecule has 0 aromatic heterocycles. The molecule has 1 fully saturated rings. The molecule has 1 heterocycles. The number of piperazine rings is 1. The van der Waals surface area contributed by atoms with E-state index in [4.69, 9.17) is 5.26 Å². The van der Waals surface area contributed by atoms with Crippen molar-refractivity contribution in [2.24, 2.45) is 0 Å². The van der Waals surface area contributed by atoms with Crippen molar-refractivity contribution in [2.75, 3.05) is 39.3 Å². The molecule has 0 unspecified atom stereocenters. The maximum absolute atomic E-state index is 12.9. The van der Waals surface area contributed by atoms with Gasteiger partial charge in [-0.15, -0.1) is 0 Å². The first kappa shape index (κ1) is 23.6. The lowest BCUT2D eigenvalue weighted by atomic mass is 10.2. The molecule has 0 radical (unpaired) electrons. The van der Waals surface area contributed by atoms with Gasteiger partial charge in [0, 0.05) is 38.3 Å². The van der Waals surface area contributed by atoms with Gasteiger partial charge in [0.2, 0.25) is 15.9 Å². The van der Waals surface area contributed by atoms with Crippen LogP contribution in [-0.2, 0) is 21.4 Å². The quantitative estimate of drug-likeness (QED) is 0.445. The van der Waals surface area contributed by atoms with Crippen molar-refractivity contribution in [3.8, 4) is 6.07 Å². The molecule has 3 rings (SSSR count). The Morgan fingerprint density at radius 3 is 2.19 bits per heavy atom. The van der Waals surface area contributed by atoms with E-state index in [-0.39, 0.29) is 55.9 Å². The maximum Gasteiger partial charge on any atom is 0.243 e. The summed E-state index contributed by atoms with van der Waals surface area (Å²) in [4.78, 5) is 27.7. The molecule has 32 heavy (non-hydrogen) atoms. The number of hydrogen-bond acceptors (Lipinski definition) is 6. The van der Waals surface area contributed by atoms with E-state index in [0.717, 1.165) is 5.56 Å². The number of benzene rings is 2. The number of Topliss-reactive ketones (excluding diaryl/α,β-unsaturated/α-hetero) is 1. The first-order chi connectivity index (χ1) is 15.3. The summed E-state index contributed by atoms with van der Waals surface area (Å²) in [6, 6.07) is 17.6. The fourth-order valence-corrected chi connectivity index (χ4v) is 5.01. The van der Waals surface area contributed by atoms with Crippen molar-refractivity contribution < 1.29 is 18.0 Å². The number of ketones is 1. The van der Waals surface area contributed by atoms with E-state index in [9.17, 15) is 18.0 Å². The highest BCUT2D eigenvalue weighted by atomic mass is 32.2. The van der Waals surface area contributed by atoms with Gasteiger partial charge >= 0.3 is 0 Å². The van der Waals surface area contributed by atoms with Crippen LogP contribution in [0.4, 0.5) is 0 Å². The molecular weight excluding hydrogens is 428 g/mol. The summed E-state index contributed by atoms with van der Waals surface area (Å²) >= 11 is 0. The molecule has 0 atom stereocenters. The molecule has 1 amide bonds. The first-order valence-corrected chi connectivity index (χ1v) is 11.8. The third-order valence-electron chi connectivity index (χ3n) is 5.39. The Kier molecular flexibility index (Phi) is 7.75. The normalized spacial score (nSPS) is 14.8. The van der Waals surface area contributed by atoms with Crippen molar-refractivity contribution in [3.63, 3.8) is 0 Å². The van der Waals surface area contributed by atoms with Gasteiger partial charge in [-0.3, -0.25) is 14.5 Å². The van der Waals surface area contributed by atoms with Crippen LogP contribution in [0.15, 0.2) is 59.5 Å². The van der Waals surface area contributed by atoms with Gasteiger partial charge < -0.3 is 4.90 Å². The average Bonchev–Trinajstić information content (AvgIpc) is 2.80. The van der Waals surface area contributed by atoms with E-state index in [0.29, 0.717) is 12.1 Å². The van der Waals surface area contributed by atoms with Crippen LogP contribution in [0.25, 0.3) is 0 Å². The summed E-state index contributed by atoms with van der Waals surface area (Å²) in [7, 11) is -3.70.